The maximum atomic E-state index is 11.0. The number of hydrogen-bond acceptors (Lipinski definition) is 2. The Labute approximate surface area is 87.4 Å². The van der Waals surface area contributed by atoms with Gasteiger partial charge >= 0.3 is 6.13 Å². The van der Waals surface area contributed by atoms with Gasteiger partial charge in [-0.05, 0) is 0 Å². The maximum Gasteiger partial charge on any atom is 0.411 e. The van der Waals surface area contributed by atoms with Gasteiger partial charge in [-0.2, -0.15) is 11.5 Å². The monoisotopic (exact) mass is 218 g/mol. The van der Waals surface area contributed by atoms with Gasteiger partial charge in [-0.3, -0.25) is 4.79 Å². The fraction of sp³-hybridized carbons (Fsp3) is 0.125. The van der Waals surface area contributed by atoms with Crippen molar-refractivity contribution in [3.05, 3.63) is 30.3 Å². The summed E-state index contributed by atoms with van der Waals surface area (Å²) in [6.07, 6.45) is -0.698. The molecule has 0 aliphatic rings. The molecule has 0 aromatic heterocycles. The summed E-state index contributed by atoms with van der Waals surface area (Å²) in [5.74, 6) is -0.428. The van der Waals surface area contributed by atoms with Crippen molar-refractivity contribution in [1.29, 1.82) is 0 Å². The number of rotatable bonds is 2. The van der Waals surface area contributed by atoms with Crippen molar-refractivity contribution in [3.8, 4) is 0 Å². The van der Waals surface area contributed by atoms with Crippen molar-refractivity contribution in [2.45, 2.75) is 0 Å². The van der Waals surface area contributed by atoms with Gasteiger partial charge in [-0.1, -0.05) is 35.8 Å². The molecule has 1 rings (SSSR count). The van der Waals surface area contributed by atoms with Gasteiger partial charge in [0.2, 0.25) is 0 Å². The predicted octanol–water partition coefficient (Wildman–Crippen LogP) is -0.177. The van der Waals surface area contributed by atoms with Crippen molar-refractivity contribution >= 4 is 28.9 Å². The third-order valence-electron chi connectivity index (χ3n) is 1.50. The average Bonchev–Trinajstić information content (AvgIpc) is 2.17. The molecular formula is C8H12BClO4. The topological polar surface area (TPSA) is 89.3 Å². The summed E-state index contributed by atoms with van der Waals surface area (Å²) in [5, 5.41) is 0. The quantitative estimate of drug-likeness (QED) is 0.645. The lowest BCUT2D eigenvalue weighted by Gasteiger charge is -2.02. The third-order valence-corrected chi connectivity index (χ3v) is 1.93. The summed E-state index contributed by atoms with van der Waals surface area (Å²) < 4.78 is 4.50. The highest BCUT2D eigenvalue weighted by Gasteiger charge is 2.23. The van der Waals surface area contributed by atoms with Gasteiger partial charge in [0.15, 0.2) is 0 Å². The predicted molar refractivity (Wildman–Crippen MR) is 57.3 cm³/mol. The molecule has 0 amide bonds. The highest BCUT2D eigenvalue weighted by Crippen LogP contribution is 1.96. The summed E-state index contributed by atoms with van der Waals surface area (Å²) in [7, 11) is 1.32. The molecule has 4 nitrogen and oxygen atoms in total. The van der Waals surface area contributed by atoms with Crippen molar-refractivity contribution in [3.63, 3.8) is 0 Å². The van der Waals surface area contributed by atoms with Crippen LogP contribution in [-0.2, 0) is 4.74 Å². The molecule has 14 heavy (non-hydrogen) atoms. The van der Waals surface area contributed by atoms with Crippen molar-refractivity contribution < 1.29 is 20.5 Å². The van der Waals surface area contributed by atoms with Crippen LogP contribution in [0.25, 0.3) is 0 Å². The normalized spacial score (nSPS) is 7.86. The van der Waals surface area contributed by atoms with E-state index in [9.17, 15) is 4.79 Å². The molecule has 0 unspecified atom stereocenters. The SMILES string of the molecule is COC(=O)B(Cl)c1ccccc1.O.O. The molecular weight excluding hydrogens is 206 g/mol. The Morgan fingerprint density at radius 2 is 1.79 bits per heavy atom. The number of carbonyl (C=O) groups excluding carboxylic acids is 1. The van der Waals surface area contributed by atoms with Crippen molar-refractivity contribution in [2.75, 3.05) is 7.11 Å². The molecule has 0 heterocycles. The lowest BCUT2D eigenvalue weighted by atomic mass is 9.68. The first-order valence-corrected chi connectivity index (χ1v) is 3.96. The zero-order chi connectivity index (χ0) is 8.97. The van der Waals surface area contributed by atoms with E-state index in [1.165, 1.54) is 7.11 Å². The molecule has 0 radical (unpaired) electrons. The second-order valence-corrected chi connectivity index (χ2v) is 2.73. The molecule has 0 saturated carbocycles. The summed E-state index contributed by atoms with van der Waals surface area (Å²) >= 11 is 5.78. The molecule has 1 aromatic rings. The van der Waals surface area contributed by atoms with Crippen LogP contribution in [0.4, 0.5) is 4.79 Å². The standard InChI is InChI=1S/C8H8BClO2.2H2O/c1-12-8(11)9(10)7-5-3-2-4-6-7;;/h2-6H,1H3;2*1H2. The highest BCUT2D eigenvalue weighted by atomic mass is 35.5. The van der Waals surface area contributed by atoms with Crippen LogP contribution in [-0.4, -0.2) is 30.1 Å². The van der Waals surface area contributed by atoms with E-state index in [1.807, 2.05) is 18.2 Å². The Bertz CT molecular complexity index is 267. The van der Waals surface area contributed by atoms with Crippen LogP contribution in [0.3, 0.4) is 0 Å². The Hall–Kier alpha value is -1.04. The zero-order valence-electron chi connectivity index (χ0n) is 7.66. The Kier molecular flexibility index (Phi) is 8.13. The van der Waals surface area contributed by atoms with E-state index in [0.717, 1.165) is 5.46 Å². The average molecular weight is 218 g/mol. The van der Waals surface area contributed by atoms with E-state index in [4.69, 9.17) is 11.5 Å². The number of halogens is 1. The van der Waals surface area contributed by atoms with Gasteiger partial charge in [0.1, 0.15) is 0 Å². The molecule has 0 saturated heterocycles. The Morgan fingerprint density at radius 3 is 2.21 bits per heavy atom. The molecule has 78 valence electrons. The fourth-order valence-corrected chi connectivity index (χ4v) is 1.10. The number of hydrogen-bond donors (Lipinski definition) is 0. The minimum absolute atomic E-state index is 0. The Morgan fingerprint density at radius 1 is 1.29 bits per heavy atom. The summed E-state index contributed by atoms with van der Waals surface area (Å²) in [6.45, 7) is 0. The molecule has 0 fully saturated rings. The smallest absolute Gasteiger partial charge is 0.411 e. The van der Waals surface area contributed by atoms with E-state index in [-0.39, 0.29) is 11.0 Å². The first-order valence-electron chi connectivity index (χ1n) is 3.52. The van der Waals surface area contributed by atoms with E-state index < -0.39 is 12.0 Å². The number of carbonyl (C=O) groups is 1. The van der Waals surface area contributed by atoms with E-state index >= 15 is 0 Å². The minimum atomic E-state index is -0.698. The van der Waals surface area contributed by atoms with Crippen LogP contribution in [0.15, 0.2) is 30.3 Å². The van der Waals surface area contributed by atoms with E-state index in [0.29, 0.717) is 0 Å². The lowest BCUT2D eigenvalue weighted by Crippen LogP contribution is -2.33. The molecule has 0 aliphatic heterocycles. The van der Waals surface area contributed by atoms with Crippen LogP contribution in [0, 0.1) is 0 Å². The van der Waals surface area contributed by atoms with Crippen molar-refractivity contribution in [1.82, 2.24) is 0 Å². The highest BCUT2D eigenvalue weighted by molar-refractivity contribution is 7.29. The van der Waals surface area contributed by atoms with Crippen LogP contribution in [0.1, 0.15) is 0 Å². The van der Waals surface area contributed by atoms with Crippen LogP contribution in [0.2, 0.25) is 0 Å². The fourth-order valence-electron chi connectivity index (χ4n) is 0.862. The summed E-state index contributed by atoms with van der Waals surface area (Å²) in [6, 6.07) is 9.09. The van der Waals surface area contributed by atoms with E-state index in [1.54, 1.807) is 12.1 Å². The first kappa shape index (κ1) is 15.4. The molecule has 6 heteroatoms. The number of methoxy groups -OCH3 is 1. The van der Waals surface area contributed by atoms with E-state index in [2.05, 4.69) is 4.74 Å². The van der Waals surface area contributed by atoms with Gasteiger partial charge in [-0.15, -0.1) is 0 Å². The maximum absolute atomic E-state index is 11.0. The minimum Gasteiger partial charge on any atom is -0.475 e. The van der Waals surface area contributed by atoms with Crippen LogP contribution >= 0.6 is 11.5 Å². The zero-order valence-corrected chi connectivity index (χ0v) is 8.41. The van der Waals surface area contributed by atoms with Gasteiger partial charge in [0.05, 0.1) is 7.11 Å². The van der Waals surface area contributed by atoms with Gasteiger partial charge < -0.3 is 15.7 Å². The lowest BCUT2D eigenvalue weighted by molar-refractivity contribution is 0.197. The van der Waals surface area contributed by atoms with Crippen LogP contribution in [0.5, 0.6) is 0 Å². The second kappa shape index (κ2) is 7.38. The van der Waals surface area contributed by atoms with Gasteiger partial charge in [0.25, 0.3) is 5.87 Å². The third kappa shape index (κ3) is 3.78. The number of ether oxygens (including phenoxy) is 1. The van der Waals surface area contributed by atoms with Crippen molar-refractivity contribution in [2.24, 2.45) is 0 Å². The first-order chi connectivity index (χ1) is 5.75. The largest absolute Gasteiger partial charge is 0.475 e. The molecule has 0 spiro atoms. The summed E-state index contributed by atoms with van der Waals surface area (Å²) in [5.41, 5.74) is 0.756. The molecule has 1 aromatic carbocycles. The number of benzene rings is 1. The molecule has 0 atom stereocenters. The van der Waals surface area contributed by atoms with Gasteiger partial charge in [-0.25, -0.2) is 0 Å². The molecule has 0 bridgehead atoms. The molecule has 0 aliphatic carbocycles. The summed E-state index contributed by atoms with van der Waals surface area (Å²) in [4.78, 5) is 11.0. The second-order valence-electron chi connectivity index (χ2n) is 2.30. The molecule has 4 N–H and O–H groups in total. The van der Waals surface area contributed by atoms with Gasteiger partial charge in [0, 0.05) is 0 Å². The Balaban J connectivity index is 0. The van der Waals surface area contributed by atoms with Crippen LogP contribution < -0.4 is 5.46 Å².